The van der Waals surface area contributed by atoms with Crippen LogP contribution in [0.4, 0.5) is 11.4 Å². The van der Waals surface area contributed by atoms with Crippen molar-refractivity contribution < 1.29 is 4.92 Å². The van der Waals surface area contributed by atoms with Crippen LogP contribution in [0, 0.1) is 10.1 Å². The van der Waals surface area contributed by atoms with Crippen molar-refractivity contribution >= 4 is 22.1 Å². The van der Waals surface area contributed by atoms with E-state index in [2.05, 4.69) is 15.4 Å². The lowest BCUT2D eigenvalue weighted by Gasteiger charge is -2.08. The number of benzene rings is 1. The molecule has 7 heteroatoms. The van der Waals surface area contributed by atoms with Gasteiger partial charge in [0.1, 0.15) is 0 Å². The largest absolute Gasteiger partial charge is 0.379 e. The second-order valence-corrected chi connectivity index (χ2v) is 4.64. The van der Waals surface area contributed by atoms with Crippen molar-refractivity contribution in [2.45, 2.75) is 6.54 Å². The first-order valence-electron chi connectivity index (χ1n) is 6.38. The van der Waals surface area contributed by atoms with Crippen LogP contribution in [-0.2, 0) is 13.6 Å². The highest BCUT2D eigenvalue weighted by Gasteiger charge is 2.14. The minimum Gasteiger partial charge on any atom is -0.379 e. The van der Waals surface area contributed by atoms with E-state index in [0.717, 1.165) is 16.8 Å². The van der Waals surface area contributed by atoms with E-state index in [1.807, 2.05) is 19.3 Å². The van der Waals surface area contributed by atoms with Crippen LogP contribution in [0.1, 0.15) is 5.69 Å². The monoisotopic (exact) mass is 283 g/mol. The number of nitro benzene ring substituents is 1. The van der Waals surface area contributed by atoms with E-state index in [-0.39, 0.29) is 5.69 Å². The molecule has 106 valence electrons. The van der Waals surface area contributed by atoms with E-state index in [4.69, 9.17) is 0 Å². The number of nitrogens with zero attached hydrogens (tertiary/aromatic N) is 4. The smallest absolute Gasteiger partial charge is 0.278 e. The van der Waals surface area contributed by atoms with E-state index in [1.165, 1.54) is 12.3 Å². The second-order valence-electron chi connectivity index (χ2n) is 4.64. The molecule has 0 saturated carbocycles. The lowest BCUT2D eigenvalue weighted by atomic mass is 10.1. The molecule has 0 amide bonds. The molecule has 1 aromatic carbocycles. The number of non-ortho nitro benzene ring substituents is 1. The Hall–Kier alpha value is -2.96. The fraction of sp³-hybridized carbons (Fsp3) is 0.143. The molecule has 21 heavy (non-hydrogen) atoms. The van der Waals surface area contributed by atoms with Gasteiger partial charge >= 0.3 is 0 Å². The minimum atomic E-state index is -0.396. The number of anilines is 1. The van der Waals surface area contributed by atoms with Crippen LogP contribution in [0.3, 0.4) is 0 Å². The van der Waals surface area contributed by atoms with E-state index in [1.54, 1.807) is 23.0 Å². The van der Waals surface area contributed by atoms with Crippen LogP contribution in [-0.4, -0.2) is 19.7 Å². The molecule has 0 atom stereocenters. The zero-order valence-corrected chi connectivity index (χ0v) is 11.4. The van der Waals surface area contributed by atoms with Crippen molar-refractivity contribution in [3.63, 3.8) is 0 Å². The number of aryl methyl sites for hydroxylation is 1. The average molecular weight is 283 g/mol. The summed E-state index contributed by atoms with van der Waals surface area (Å²) in [7, 11) is 1.86. The van der Waals surface area contributed by atoms with Gasteiger partial charge in [-0.25, -0.2) is 0 Å². The summed E-state index contributed by atoms with van der Waals surface area (Å²) < 4.78 is 1.73. The number of nitrogens with one attached hydrogen (secondary N) is 1. The Bertz CT molecular complexity index is 812. The molecule has 7 nitrogen and oxygen atoms in total. The number of rotatable bonds is 4. The summed E-state index contributed by atoms with van der Waals surface area (Å²) >= 11 is 0. The molecule has 0 unspecified atom stereocenters. The molecular weight excluding hydrogens is 270 g/mol. The van der Waals surface area contributed by atoms with Crippen molar-refractivity contribution in [1.82, 2.24) is 14.8 Å². The molecule has 0 aliphatic carbocycles. The van der Waals surface area contributed by atoms with E-state index < -0.39 is 4.92 Å². The topological polar surface area (TPSA) is 85.9 Å². The first-order chi connectivity index (χ1) is 10.1. The lowest BCUT2D eigenvalue weighted by Crippen LogP contribution is -2.02. The van der Waals surface area contributed by atoms with Crippen LogP contribution in [0.2, 0.25) is 0 Å². The molecule has 3 aromatic rings. The number of aromatic nitrogens is 3. The molecule has 0 fully saturated rings. The molecule has 0 radical (unpaired) electrons. The van der Waals surface area contributed by atoms with Crippen molar-refractivity contribution in [1.29, 1.82) is 0 Å². The van der Waals surface area contributed by atoms with Gasteiger partial charge in [0.25, 0.3) is 5.69 Å². The van der Waals surface area contributed by atoms with Gasteiger partial charge in [-0.05, 0) is 18.2 Å². The van der Waals surface area contributed by atoms with Gasteiger partial charge in [-0.3, -0.25) is 19.8 Å². The van der Waals surface area contributed by atoms with Crippen molar-refractivity contribution in [2.75, 3.05) is 5.32 Å². The zero-order chi connectivity index (χ0) is 14.8. The van der Waals surface area contributed by atoms with E-state index in [0.29, 0.717) is 11.9 Å². The molecule has 0 spiro atoms. The normalized spacial score (nSPS) is 10.7. The molecule has 0 saturated heterocycles. The molecular formula is C14H13N5O2. The summed E-state index contributed by atoms with van der Waals surface area (Å²) in [5.41, 5.74) is 1.78. The highest BCUT2D eigenvalue weighted by atomic mass is 16.6. The van der Waals surface area contributed by atoms with E-state index in [9.17, 15) is 10.1 Å². The third kappa shape index (κ3) is 2.53. The van der Waals surface area contributed by atoms with Crippen molar-refractivity contribution in [3.8, 4) is 0 Å². The zero-order valence-electron chi connectivity index (χ0n) is 11.4. The van der Waals surface area contributed by atoms with Crippen molar-refractivity contribution in [2.24, 2.45) is 7.05 Å². The van der Waals surface area contributed by atoms with Gasteiger partial charge < -0.3 is 5.32 Å². The number of fused-ring (bicyclic) bond motifs is 1. The maximum atomic E-state index is 11.1. The highest BCUT2D eigenvalue weighted by molar-refractivity contribution is 5.99. The molecule has 3 rings (SSSR count). The van der Waals surface area contributed by atoms with Gasteiger partial charge in [0, 0.05) is 42.8 Å². The maximum absolute atomic E-state index is 11.1. The predicted octanol–water partition coefficient (Wildman–Crippen LogP) is 2.49. The Labute approximate surface area is 120 Å². The highest BCUT2D eigenvalue weighted by Crippen LogP contribution is 2.30. The summed E-state index contributed by atoms with van der Waals surface area (Å²) in [5, 5.41) is 19.9. The Balaban J connectivity index is 1.96. The van der Waals surface area contributed by atoms with Crippen molar-refractivity contribution in [3.05, 3.63) is 58.7 Å². The third-order valence-corrected chi connectivity index (χ3v) is 3.22. The average Bonchev–Trinajstić information content (AvgIpc) is 2.90. The second kappa shape index (κ2) is 5.20. The van der Waals surface area contributed by atoms with Crippen LogP contribution in [0.15, 0.2) is 42.9 Å². The van der Waals surface area contributed by atoms with Crippen LogP contribution in [0.5, 0.6) is 0 Å². The van der Waals surface area contributed by atoms with Crippen LogP contribution in [0.25, 0.3) is 10.8 Å². The van der Waals surface area contributed by atoms with Gasteiger partial charge in [0.2, 0.25) is 0 Å². The first-order valence-corrected chi connectivity index (χ1v) is 6.38. The Kier molecular flexibility index (Phi) is 3.23. The Morgan fingerprint density at radius 2 is 2.14 bits per heavy atom. The van der Waals surface area contributed by atoms with Crippen LogP contribution >= 0.6 is 0 Å². The van der Waals surface area contributed by atoms with Gasteiger partial charge in [-0.2, -0.15) is 5.10 Å². The molecule has 1 N–H and O–H groups in total. The lowest BCUT2D eigenvalue weighted by molar-refractivity contribution is -0.383. The van der Waals surface area contributed by atoms with Gasteiger partial charge in [-0.1, -0.05) is 0 Å². The molecule has 0 bridgehead atoms. The first kappa shape index (κ1) is 13.0. The van der Waals surface area contributed by atoms with Gasteiger partial charge in [0.05, 0.1) is 22.5 Å². The molecule has 2 heterocycles. The minimum absolute atomic E-state index is 0.0569. The van der Waals surface area contributed by atoms with Gasteiger partial charge in [-0.15, -0.1) is 0 Å². The molecule has 0 aliphatic heterocycles. The van der Waals surface area contributed by atoms with Gasteiger partial charge in [0.15, 0.2) is 0 Å². The van der Waals surface area contributed by atoms with E-state index >= 15 is 0 Å². The molecule has 0 aliphatic rings. The fourth-order valence-corrected chi connectivity index (χ4v) is 2.23. The Morgan fingerprint density at radius 1 is 1.29 bits per heavy atom. The standard InChI is InChI=1S/C14H13N5O2/c1-18-7-5-10(17-18)8-16-13-2-3-14(19(20)21)12-9-15-6-4-11(12)13/h2-7,9,16H,8H2,1H3. The van der Waals surface area contributed by atoms with Crippen LogP contribution < -0.4 is 5.32 Å². The molecule has 2 aromatic heterocycles. The third-order valence-electron chi connectivity index (χ3n) is 3.22. The summed E-state index contributed by atoms with van der Waals surface area (Å²) in [4.78, 5) is 14.6. The maximum Gasteiger partial charge on any atom is 0.278 e. The number of pyridine rings is 1. The fourth-order valence-electron chi connectivity index (χ4n) is 2.23. The summed E-state index contributed by atoms with van der Waals surface area (Å²) in [5.74, 6) is 0. The number of hydrogen-bond donors (Lipinski definition) is 1. The Morgan fingerprint density at radius 3 is 2.86 bits per heavy atom. The number of hydrogen-bond acceptors (Lipinski definition) is 5. The number of nitro groups is 1. The quantitative estimate of drug-likeness (QED) is 0.587. The summed E-state index contributed by atoms with van der Waals surface area (Å²) in [6.07, 6.45) is 5.01. The SMILES string of the molecule is Cn1ccc(CNc2ccc([N+](=O)[O-])c3cnccc23)n1. The summed E-state index contributed by atoms with van der Waals surface area (Å²) in [6.45, 7) is 0.552. The predicted molar refractivity (Wildman–Crippen MR) is 78.9 cm³/mol. The summed E-state index contributed by atoms with van der Waals surface area (Å²) in [6, 6.07) is 6.89.